The molecule has 29 heavy (non-hydrogen) atoms. The first-order valence-corrected chi connectivity index (χ1v) is 9.91. The third-order valence-corrected chi connectivity index (χ3v) is 5.45. The summed E-state index contributed by atoms with van der Waals surface area (Å²) in [6, 6.07) is 10.3. The molecule has 0 radical (unpaired) electrons. The first-order chi connectivity index (χ1) is 14.3. The van der Waals surface area contributed by atoms with E-state index in [9.17, 15) is 0 Å². The van der Waals surface area contributed by atoms with Gasteiger partial charge in [-0.1, -0.05) is 5.16 Å². The summed E-state index contributed by atoms with van der Waals surface area (Å²) in [6.45, 7) is 4.33. The third-order valence-electron chi connectivity index (χ3n) is 5.45. The fourth-order valence-electron chi connectivity index (χ4n) is 3.84. The van der Waals surface area contributed by atoms with Gasteiger partial charge < -0.3 is 24.2 Å². The van der Waals surface area contributed by atoms with Gasteiger partial charge in [-0.2, -0.15) is 4.98 Å². The molecule has 8 nitrogen and oxygen atoms in total. The SMILES string of the molecule is CC(NC1CCN(c2ccc3c(c2)OCO3)CC1)c1nc(-c2ccncc2)no1. The van der Waals surface area contributed by atoms with Gasteiger partial charge in [0.25, 0.3) is 0 Å². The molecule has 0 amide bonds. The maximum atomic E-state index is 5.50. The van der Waals surface area contributed by atoms with Crippen LogP contribution in [0.2, 0.25) is 0 Å². The van der Waals surface area contributed by atoms with Crippen LogP contribution in [0.25, 0.3) is 11.4 Å². The van der Waals surface area contributed by atoms with Gasteiger partial charge in [-0.25, -0.2) is 0 Å². The molecule has 8 heteroatoms. The number of pyridine rings is 1. The zero-order valence-corrected chi connectivity index (χ0v) is 16.2. The quantitative estimate of drug-likeness (QED) is 0.707. The van der Waals surface area contributed by atoms with Crippen molar-refractivity contribution in [3.63, 3.8) is 0 Å². The molecule has 0 aliphatic carbocycles. The smallest absolute Gasteiger partial charge is 0.243 e. The van der Waals surface area contributed by atoms with E-state index in [0.717, 1.165) is 43.0 Å². The molecule has 1 N–H and O–H groups in total. The lowest BCUT2D eigenvalue weighted by Crippen LogP contribution is -2.43. The van der Waals surface area contributed by atoms with Crippen LogP contribution in [-0.4, -0.2) is 41.0 Å². The summed E-state index contributed by atoms with van der Waals surface area (Å²) in [5.41, 5.74) is 2.08. The Labute approximate surface area is 168 Å². The van der Waals surface area contributed by atoms with Crippen LogP contribution >= 0.6 is 0 Å². The lowest BCUT2D eigenvalue weighted by molar-refractivity contribution is 0.174. The van der Waals surface area contributed by atoms with Gasteiger partial charge in [0, 0.05) is 48.8 Å². The number of benzene rings is 1. The molecular weight excluding hydrogens is 370 g/mol. The Bertz CT molecular complexity index is 969. The summed E-state index contributed by atoms with van der Waals surface area (Å²) in [5, 5.41) is 7.73. The molecule has 2 aromatic heterocycles. The molecule has 2 aliphatic rings. The second-order valence-electron chi connectivity index (χ2n) is 7.38. The summed E-state index contributed by atoms with van der Waals surface area (Å²) in [6.07, 6.45) is 5.54. The Hall–Kier alpha value is -3.13. The topological polar surface area (TPSA) is 85.5 Å². The predicted molar refractivity (Wildman–Crippen MR) is 107 cm³/mol. The number of hydrogen-bond donors (Lipinski definition) is 1. The fourth-order valence-corrected chi connectivity index (χ4v) is 3.84. The molecule has 2 aliphatic heterocycles. The molecule has 5 rings (SSSR count). The molecule has 150 valence electrons. The molecule has 1 fully saturated rings. The average molecular weight is 393 g/mol. The van der Waals surface area contributed by atoms with E-state index < -0.39 is 0 Å². The van der Waals surface area contributed by atoms with E-state index in [1.165, 1.54) is 5.69 Å². The Morgan fingerprint density at radius 3 is 2.69 bits per heavy atom. The number of hydrogen-bond acceptors (Lipinski definition) is 8. The molecule has 1 aromatic carbocycles. The van der Waals surface area contributed by atoms with Gasteiger partial charge in [0.2, 0.25) is 18.5 Å². The Morgan fingerprint density at radius 1 is 1.07 bits per heavy atom. The van der Waals surface area contributed by atoms with E-state index in [1.54, 1.807) is 12.4 Å². The lowest BCUT2D eigenvalue weighted by Gasteiger charge is -2.35. The molecule has 0 saturated carbocycles. The van der Waals surface area contributed by atoms with Crippen molar-refractivity contribution in [1.82, 2.24) is 20.4 Å². The standard InChI is InChI=1S/C21H23N5O3/c1-14(21-24-20(25-29-21)15-4-8-22-9-5-15)23-16-6-10-26(11-7-16)17-2-3-18-19(12-17)28-13-27-18/h2-5,8-9,12,14,16,23H,6-7,10-11,13H2,1H3. The minimum Gasteiger partial charge on any atom is -0.454 e. The average Bonchev–Trinajstić information content (AvgIpc) is 3.44. The van der Waals surface area contributed by atoms with Crippen molar-refractivity contribution in [1.29, 1.82) is 0 Å². The molecule has 1 unspecified atom stereocenters. The van der Waals surface area contributed by atoms with E-state index >= 15 is 0 Å². The molecule has 0 bridgehead atoms. The number of piperidine rings is 1. The van der Waals surface area contributed by atoms with E-state index in [4.69, 9.17) is 14.0 Å². The fraction of sp³-hybridized carbons (Fsp3) is 0.381. The first kappa shape index (κ1) is 17.9. The molecule has 3 aromatic rings. The number of anilines is 1. The zero-order chi connectivity index (χ0) is 19.6. The largest absolute Gasteiger partial charge is 0.454 e. The molecule has 0 spiro atoms. The maximum Gasteiger partial charge on any atom is 0.243 e. The number of aromatic nitrogens is 3. The van der Waals surface area contributed by atoms with Crippen LogP contribution in [0.15, 0.2) is 47.2 Å². The summed E-state index contributed by atoms with van der Waals surface area (Å²) in [4.78, 5) is 10.9. The number of rotatable bonds is 5. The van der Waals surface area contributed by atoms with E-state index in [-0.39, 0.29) is 6.04 Å². The number of fused-ring (bicyclic) bond motifs is 1. The Balaban J connectivity index is 1.17. The van der Waals surface area contributed by atoms with Crippen molar-refractivity contribution < 1.29 is 14.0 Å². The van der Waals surface area contributed by atoms with Gasteiger partial charge in [-0.15, -0.1) is 0 Å². The third kappa shape index (κ3) is 3.75. The molecule has 1 saturated heterocycles. The highest BCUT2D eigenvalue weighted by Crippen LogP contribution is 2.36. The van der Waals surface area contributed by atoms with Gasteiger partial charge >= 0.3 is 0 Å². The van der Waals surface area contributed by atoms with Crippen molar-refractivity contribution >= 4 is 5.69 Å². The van der Waals surface area contributed by atoms with Gasteiger partial charge in [0.05, 0.1) is 6.04 Å². The van der Waals surface area contributed by atoms with Crippen molar-refractivity contribution in [2.45, 2.75) is 31.8 Å². The summed E-state index contributed by atoms with van der Waals surface area (Å²) in [7, 11) is 0. The van der Waals surface area contributed by atoms with E-state index in [0.29, 0.717) is 24.5 Å². The lowest BCUT2D eigenvalue weighted by atomic mass is 10.0. The number of nitrogens with zero attached hydrogens (tertiary/aromatic N) is 4. The van der Waals surface area contributed by atoms with Crippen molar-refractivity contribution in [3.05, 3.63) is 48.6 Å². The van der Waals surface area contributed by atoms with Crippen molar-refractivity contribution in [2.24, 2.45) is 0 Å². The van der Waals surface area contributed by atoms with E-state index in [2.05, 4.69) is 44.4 Å². The minimum atomic E-state index is 0.000167. The monoisotopic (exact) mass is 393 g/mol. The van der Waals surface area contributed by atoms with Crippen LogP contribution in [0, 0.1) is 0 Å². The minimum absolute atomic E-state index is 0.000167. The van der Waals surface area contributed by atoms with Gasteiger partial charge in [0.15, 0.2) is 11.5 Å². The zero-order valence-electron chi connectivity index (χ0n) is 16.2. The summed E-state index contributed by atoms with van der Waals surface area (Å²) >= 11 is 0. The van der Waals surface area contributed by atoms with E-state index in [1.807, 2.05) is 18.2 Å². The number of nitrogens with one attached hydrogen (secondary N) is 1. The first-order valence-electron chi connectivity index (χ1n) is 9.91. The Kier molecular flexibility index (Phi) is 4.77. The normalized spacial score (nSPS) is 17.5. The van der Waals surface area contributed by atoms with Crippen LogP contribution in [-0.2, 0) is 0 Å². The van der Waals surface area contributed by atoms with Gasteiger partial charge in [-0.05, 0) is 44.0 Å². The van der Waals surface area contributed by atoms with Crippen LogP contribution in [0.5, 0.6) is 11.5 Å². The van der Waals surface area contributed by atoms with Gasteiger partial charge in [-0.3, -0.25) is 4.98 Å². The van der Waals surface area contributed by atoms with Crippen LogP contribution in [0.3, 0.4) is 0 Å². The summed E-state index contributed by atoms with van der Waals surface area (Å²) in [5.74, 6) is 2.85. The van der Waals surface area contributed by atoms with Crippen molar-refractivity contribution in [3.8, 4) is 22.9 Å². The second kappa shape index (κ2) is 7.71. The predicted octanol–water partition coefficient (Wildman–Crippen LogP) is 3.18. The van der Waals surface area contributed by atoms with Crippen molar-refractivity contribution in [2.75, 3.05) is 24.8 Å². The highest BCUT2D eigenvalue weighted by Gasteiger charge is 2.24. The van der Waals surface area contributed by atoms with Crippen LogP contribution in [0.4, 0.5) is 5.69 Å². The molecule has 1 atom stereocenters. The highest BCUT2D eigenvalue weighted by molar-refractivity contribution is 5.57. The van der Waals surface area contributed by atoms with Crippen LogP contribution < -0.4 is 19.7 Å². The second-order valence-corrected chi connectivity index (χ2v) is 7.38. The number of ether oxygens (including phenoxy) is 2. The highest BCUT2D eigenvalue weighted by atomic mass is 16.7. The van der Waals surface area contributed by atoms with Gasteiger partial charge in [0.1, 0.15) is 0 Å². The summed E-state index contributed by atoms with van der Waals surface area (Å²) < 4.78 is 16.4. The Morgan fingerprint density at radius 2 is 1.86 bits per heavy atom. The van der Waals surface area contributed by atoms with Crippen LogP contribution in [0.1, 0.15) is 31.7 Å². The molecule has 4 heterocycles. The molecular formula is C21H23N5O3. The maximum absolute atomic E-state index is 5.50.